The smallest absolute Gasteiger partial charge is 0.257 e. The van der Waals surface area contributed by atoms with Gasteiger partial charge in [0, 0.05) is 18.2 Å². The monoisotopic (exact) mass is 253 g/mol. The van der Waals surface area contributed by atoms with Crippen LogP contribution in [-0.2, 0) is 0 Å². The molecular formula is C14H17F2NO. The Morgan fingerprint density at radius 3 is 2.39 bits per heavy atom. The summed E-state index contributed by atoms with van der Waals surface area (Å²) in [5.74, 6) is -1.79. The third-order valence-electron chi connectivity index (χ3n) is 3.59. The van der Waals surface area contributed by atoms with Gasteiger partial charge in [0.2, 0.25) is 0 Å². The highest BCUT2D eigenvalue weighted by atomic mass is 19.1. The van der Waals surface area contributed by atoms with Gasteiger partial charge < -0.3 is 4.90 Å². The van der Waals surface area contributed by atoms with E-state index in [0.717, 1.165) is 31.4 Å². The molecule has 1 aliphatic rings. The maximum absolute atomic E-state index is 13.6. The van der Waals surface area contributed by atoms with Crippen LogP contribution in [0, 0.1) is 11.6 Å². The Labute approximate surface area is 106 Å². The van der Waals surface area contributed by atoms with Crippen molar-refractivity contribution in [1.29, 1.82) is 0 Å². The molecule has 18 heavy (non-hydrogen) atoms. The van der Waals surface area contributed by atoms with Crippen LogP contribution in [0.4, 0.5) is 8.78 Å². The van der Waals surface area contributed by atoms with E-state index in [4.69, 9.17) is 0 Å². The van der Waals surface area contributed by atoms with Gasteiger partial charge in [-0.1, -0.05) is 0 Å². The maximum atomic E-state index is 13.6. The highest BCUT2D eigenvalue weighted by Gasteiger charge is 2.30. The molecule has 1 amide bonds. The highest BCUT2D eigenvalue weighted by Crippen LogP contribution is 2.25. The number of carbonyl (C=O) groups excluding carboxylic acids is 1. The fourth-order valence-corrected chi connectivity index (χ4v) is 2.62. The first-order valence-corrected chi connectivity index (χ1v) is 6.28. The first-order chi connectivity index (χ1) is 8.50. The number of carbonyl (C=O) groups is 1. The molecule has 1 aliphatic heterocycles. The lowest BCUT2D eigenvalue weighted by Crippen LogP contribution is -2.47. The number of nitrogens with zero attached hydrogens (tertiary/aromatic N) is 1. The number of hydrogen-bond acceptors (Lipinski definition) is 1. The van der Waals surface area contributed by atoms with Gasteiger partial charge in [0.05, 0.1) is 5.56 Å². The van der Waals surface area contributed by atoms with Gasteiger partial charge in [-0.3, -0.25) is 4.79 Å². The van der Waals surface area contributed by atoms with E-state index in [2.05, 4.69) is 0 Å². The molecular weight excluding hydrogens is 236 g/mol. The second kappa shape index (κ2) is 5.04. The van der Waals surface area contributed by atoms with Gasteiger partial charge in [-0.25, -0.2) is 8.78 Å². The molecule has 1 saturated heterocycles. The second-order valence-corrected chi connectivity index (χ2v) is 4.97. The van der Waals surface area contributed by atoms with Crippen LogP contribution in [0.3, 0.4) is 0 Å². The van der Waals surface area contributed by atoms with Crippen LogP contribution >= 0.6 is 0 Å². The predicted octanol–water partition coefficient (Wildman–Crippen LogP) is 3.37. The Bertz CT molecular complexity index is 451. The normalized spacial score (nSPS) is 24.1. The van der Waals surface area contributed by atoms with E-state index in [1.54, 1.807) is 4.90 Å². The molecule has 98 valence electrons. The first-order valence-electron chi connectivity index (χ1n) is 6.28. The van der Waals surface area contributed by atoms with Crippen LogP contribution in [0.25, 0.3) is 0 Å². The van der Waals surface area contributed by atoms with E-state index >= 15 is 0 Å². The topological polar surface area (TPSA) is 20.3 Å². The molecule has 0 aromatic heterocycles. The van der Waals surface area contributed by atoms with E-state index in [-0.39, 0.29) is 23.6 Å². The largest absolute Gasteiger partial charge is 0.333 e. The van der Waals surface area contributed by atoms with Crippen molar-refractivity contribution in [1.82, 2.24) is 4.90 Å². The molecule has 0 aliphatic carbocycles. The lowest BCUT2D eigenvalue weighted by Gasteiger charge is -2.39. The third kappa shape index (κ3) is 2.37. The summed E-state index contributed by atoms with van der Waals surface area (Å²) in [6.07, 6.45) is 2.94. The zero-order valence-corrected chi connectivity index (χ0v) is 10.6. The van der Waals surface area contributed by atoms with E-state index in [1.165, 1.54) is 6.07 Å². The van der Waals surface area contributed by atoms with Crippen molar-refractivity contribution in [3.8, 4) is 0 Å². The molecule has 1 aromatic rings. The zero-order chi connectivity index (χ0) is 13.3. The first kappa shape index (κ1) is 13.0. The van der Waals surface area contributed by atoms with E-state index in [9.17, 15) is 13.6 Å². The average molecular weight is 253 g/mol. The summed E-state index contributed by atoms with van der Waals surface area (Å²) in [7, 11) is 0. The summed E-state index contributed by atoms with van der Waals surface area (Å²) >= 11 is 0. The molecule has 1 aromatic carbocycles. The van der Waals surface area contributed by atoms with Gasteiger partial charge in [0.15, 0.2) is 0 Å². The molecule has 0 unspecified atom stereocenters. The molecule has 0 saturated carbocycles. The predicted molar refractivity (Wildman–Crippen MR) is 65.3 cm³/mol. The Hall–Kier alpha value is -1.45. The van der Waals surface area contributed by atoms with Gasteiger partial charge >= 0.3 is 0 Å². The van der Waals surface area contributed by atoms with Crippen LogP contribution < -0.4 is 0 Å². The van der Waals surface area contributed by atoms with Gasteiger partial charge in [0.1, 0.15) is 11.6 Å². The quantitative estimate of drug-likeness (QED) is 0.751. The average Bonchev–Trinajstić information content (AvgIpc) is 2.28. The Balaban J connectivity index is 2.29. The van der Waals surface area contributed by atoms with Crippen LogP contribution in [-0.4, -0.2) is 22.9 Å². The lowest BCUT2D eigenvalue weighted by molar-refractivity contribution is 0.0506. The third-order valence-corrected chi connectivity index (χ3v) is 3.59. The minimum Gasteiger partial charge on any atom is -0.333 e. The number of hydrogen-bond donors (Lipinski definition) is 0. The number of benzene rings is 1. The van der Waals surface area contributed by atoms with E-state index in [0.29, 0.717) is 0 Å². The van der Waals surface area contributed by atoms with Crippen LogP contribution in [0.1, 0.15) is 43.5 Å². The maximum Gasteiger partial charge on any atom is 0.257 e. The molecule has 4 heteroatoms. The van der Waals surface area contributed by atoms with Crippen molar-refractivity contribution in [3.05, 3.63) is 35.4 Å². The molecule has 1 fully saturated rings. The minimum atomic E-state index is -0.787. The molecule has 0 bridgehead atoms. The highest BCUT2D eigenvalue weighted by molar-refractivity contribution is 5.95. The molecule has 2 atom stereocenters. The molecule has 1 heterocycles. The van der Waals surface area contributed by atoms with Gasteiger partial charge in [-0.05, 0) is 45.2 Å². The van der Waals surface area contributed by atoms with Crippen molar-refractivity contribution in [2.75, 3.05) is 0 Å². The van der Waals surface area contributed by atoms with Crippen molar-refractivity contribution < 1.29 is 13.6 Å². The summed E-state index contributed by atoms with van der Waals surface area (Å²) in [6.45, 7) is 3.93. The van der Waals surface area contributed by atoms with E-state index in [1.807, 2.05) is 13.8 Å². The lowest BCUT2D eigenvalue weighted by atomic mass is 9.96. The van der Waals surface area contributed by atoms with Crippen molar-refractivity contribution >= 4 is 5.91 Å². The number of likely N-dealkylation sites (tertiary alicyclic amines) is 1. The Morgan fingerprint density at radius 2 is 1.83 bits per heavy atom. The molecule has 2 nitrogen and oxygen atoms in total. The summed E-state index contributed by atoms with van der Waals surface area (Å²) in [5.41, 5.74) is -0.0444. The summed E-state index contributed by atoms with van der Waals surface area (Å²) in [5, 5.41) is 0. The van der Waals surface area contributed by atoms with Crippen LogP contribution in [0.2, 0.25) is 0 Å². The SMILES string of the molecule is C[C@@H]1CCC[C@@H](C)N1C(=O)c1ccc(F)cc1F. The fourth-order valence-electron chi connectivity index (χ4n) is 2.62. The van der Waals surface area contributed by atoms with Gasteiger partial charge in [0.25, 0.3) is 5.91 Å². The minimum absolute atomic E-state index is 0.0444. The summed E-state index contributed by atoms with van der Waals surface area (Å²) in [6, 6.07) is 3.31. The number of piperidine rings is 1. The summed E-state index contributed by atoms with van der Waals surface area (Å²) in [4.78, 5) is 14.0. The van der Waals surface area contributed by atoms with Crippen LogP contribution in [0.15, 0.2) is 18.2 Å². The van der Waals surface area contributed by atoms with Crippen molar-refractivity contribution in [2.24, 2.45) is 0 Å². The van der Waals surface area contributed by atoms with Crippen LogP contribution in [0.5, 0.6) is 0 Å². The molecule has 0 N–H and O–H groups in total. The van der Waals surface area contributed by atoms with Gasteiger partial charge in [-0.2, -0.15) is 0 Å². The Morgan fingerprint density at radius 1 is 1.22 bits per heavy atom. The number of halogens is 2. The number of rotatable bonds is 1. The number of amides is 1. The van der Waals surface area contributed by atoms with Crippen molar-refractivity contribution in [2.45, 2.75) is 45.2 Å². The van der Waals surface area contributed by atoms with E-state index < -0.39 is 11.6 Å². The Kier molecular flexibility index (Phi) is 3.64. The molecule has 2 rings (SSSR count). The molecule has 0 radical (unpaired) electrons. The van der Waals surface area contributed by atoms with Gasteiger partial charge in [-0.15, -0.1) is 0 Å². The summed E-state index contributed by atoms with van der Waals surface area (Å²) < 4.78 is 26.5. The standard InChI is InChI=1S/C14H17F2NO/c1-9-4-3-5-10(2)17(9)14(18)12-7-6-11(15)8-13(12)16/h6-10H,3-5H2,1-2H3/t9-,10-/m1/s1. The molecule has 0 spiro atoms. The zero-order valence-electron chi connectivity index (χ0n) is 10.6. The second-order valence-electron chi connectivity index (χ2n) is 4.97. The van der Waals surface area contributed by atoms with Crippen molar-refractivity contribution in [3.63, 3.8) is 0 Å². The fraction of sp³-hybridized carbons (Fsp3) is 0.500.